The van der Waals surface area contributed by atoms with Crippen molar-refractivity contribution in [1.29, 1.82) is 0 Å². The Morgan fingerprint density at radius 1 is 1.18 bits per heavy atom. The Labute approximate surface area is 144 Å². The third kappa shape index (κ3) is 6.63. The molecule has 0 aromatic heterocycles. The minimum absolute atomic E-state index is 0.146. The van der Waals surface area contributed by atoms with Crippen LogP contribution >= 0.6 is 25.3 Å². The fourth-order valence-corrected chi connectivity index (χ4v) is 2.70. The number of carbonyl (C=O) groups is 1. The number of carbonyl (C=O) groups excluding carboxylic acids is 1. The zero-order chi connectivity index (χ0) is 16.6. The highest BCUT2D eigenvalue weighted by Gasteiger charge is 2.23. The lowest BCUT2D eigenvalue weighted by Gasteiger charge is -2.27. The Balaban J connectivity index is 2.42. The van der Waals surface area contributed by atoms with Gasteiger partial charge in [-0.15, -0.1) is 0 Å². The van der Waals surface area contributed by atoms with Gasteiger partial charge in [0.15, 0.2) is 0 Å². The maximum Gasteiger partial charge on any atom is 0.306 e. The van der Waals surface area contributed by atoms with Gasteiger partial charge >= 0.3 is 5.97 Å². The molecular weight excluding hydrogens is 316 g/mol. The zero-order valence-electron chi connectivity index (χ0n) is 13.5. The Morgan fingerprint density at radius 2 is 1.77 bits per heavy atom. The SMILES string of the molecule is CC(COC(C)(C)c1ccccc1)OC(=O)CC(CS)CS. The van der Waals surface area contributed by atoms with Crippen LogP contribution in [-0.2, 0) is 19.9 Å². The summed E-state index contributed by atoms with van der Waals surface area (Å²) >= 11 is 8.40. The maximum absolute atomic E-state index is 11.8. The summed E-state index contributed by atoms with van der Waals surface area (Å²) in [5.41, 5.74) is 0.680. The van der Waals surface area contributed by atoms with Crippen molar-refractivity contribution in [2.45, 2.75) is 38.9 Å². The summed E-state index contributed by atoms with van der Waals surface area (Å²) in [5.74, 6) is 1.18. The molecule has 0 N–H and O–H groups in total. The fourth-order valence-electron chi connectivity index (χ4n) is 1.98. The molecule has 1 aromatic rings. The summed E-state index contributed by atoms with van der Waals surface area (Å²) in [6, 6.07) is 10.0. The van der Waals surface area contributed by atoms with Gasteiger partial charge in [0.1, 0.15) is 6.10 Å². The Kier molecular flexibility index (Phi) is 8.36. The predicted molar refractivity (Wildman–Crippen MR) is 96.8 cm³/mol. The molecule has 0 spiro atoms. The third-order valence-corrected chi connectivity index (χ3v) is 4.49. The Hall–Kier alpha value is -0.650. The number of rotatable bonds is 9. The molecule has 124 valence electrons. The molecule has 0 saturated heterocycles. The van der Waals surface area contributed by atoms with Crippen LogP contribution < -0.4 is 0 Å². The number of ether oxygens (including phenoxy) is 2. The van der Waals surface area contributed by atoms with Crippen molar-refractivity contribution < 1.29 is 14.3 Å². The highest BCUT2D eigenvalue weighted by atomic mass is 32.1. The van der Waals surface area contributed by atoms with Crippen LogP contribution in [-0.4, -0.2) is 30.2 Å². The van der Waals surface area contributed by atoms with Crippen molar-refractivity contribution in [3.8, 4) is 0 Å². The molecule has 1 atom stereocenters. The van der Waals surface area contributed by atoms with E-state index in [9.17, 15) is 4.79 Å². The van der Waals surface area contributed by atoms with E-state index in [2.05, 4.69) is 25.3 Å². The summed E-state index contributed by atoms with van der Waals surface area (Å²) in [4.78, 5) is 11.8. The van der Waals surface area contributed by atoms with Gasteiger partial charge in [-0.2, -0.15) is 25.3 Å². The average molecular weight is 343 g/mol. The molecule has 0 aliphatic carbocycles. The van der Waals surface area contributed by atoms with E-state index < -0.39 is 5.60 Å². The van der Waals surface area contributed by atoms with Crippen molar-refractivity contribution >= 4 is 31.2 Å². The lowest BCUT2D eigenvalue weighted by Crippen LogP contribution is -2.29. The summed E-state index contributed by atoms with van der Waals surface area (Å²) in [7, 11) is 0. The smallest absolute Gasteiger partial charge is 0.306 e. The molecule has 0 saturated carbocycles. The van der Waals surface area contributed by atoms with Crippen molar-refractivity contribution in [3.05, 3.63) is 35.9 Å². The van der Waals surface area contributed by atoms with Gasteiger partial charge in [0.25, 0.3) is 0 Å². The van der Waals surface area contributed by atoms with E-state index in [1.807, 2.05) is 51.1 Å². The number of thiol groups is 2. The second-order valence-corrected chi connectivity index (χ2v) is 6.65. The molecule has 22 heavy (non-hydrogen) atoms. The van der Waals surface area contributed by atoms with E-state index in [1.54, 1.807) is 0 Å². The molecular formula is C17H26O3S2. The van der Waals surface area contributed by atoms with Gasteiger partial charge in [-0.1, -0.05) is 30.3 Å². The van der Waals surface area contributed by atoms with Crippen LogP contribution in [0.25, 0.3) is 0 Å². The highest BCUT2D eigenvalue weighted by Crippen LogP contribution is 2.24. The molecule has 0 aliphatic heterocycles. The van der Waals surface area contributed by atoms with Crippen LogP contribution in [0.2, 0.25) is 0 Å². The van der Waals surface area contributed by atoms with Gasteiger partial charge in [0, 0.05) is 6.42 Å². The molecule has 0 heterocycles. The van der Waals surface area contributed by atoms with Crippen LogP contribution in [0.4, 0.5) is 0 Å². The van der Waals surface area contributed by atoms with Crippen LogP contribution in [0.3, 0.4) is 0 Å². The standard InChI is InChI=1S/C17H26O3S2/c1-13(20-16(18)9-14(11-21)12-22)10-19-17(2,3)15-7-5-4-6-8-15/h4-8,13-14,21-22H,9-12H2,1-3H3. The van der Waals surface area contributed by atoms with Crippen LogP contribution in [0.5, 0.6) is 0 Å². The second kappa shape index (κ2) is 9.48. The van der Waals surface area contributed by atoms with Gasteiger partial charge in [0.2, 0.25) is 0 Å². The van der Waals surface area contributed by atoms with Crippen molar-refractivity contribution in [2.24, 2.45) is 5.92 Å². The summed E-state index contributed by atoms with van der Waals surface area (Å²) in [5, 5.41) is 0. The van der Waals surface area contributed by atoms with E-state index in [1.165, 1.54) is 0 Å². The summed E-state index contributed by atoms with van der Waals surface area (Å²) in [6.45, 7) is 6.22. The van der Waals surface area contributed by atoms with E-state index >= 15 is 0 Å². The second-order valence-electron chi connectivity index (χ2n) is 5.92. The number of esters is 1. The molecule has 0 fully saturated rings. The first-order valence-electron chi connectivity index (χ1n) is 7.49. The van der Waals surface area contributed by atoms with E-state index in [4.69, 9.17) is 9.47 Å². The zero-order valence-corrected chi connectivity index (χ0v) is 15.3. The molecule has 0 radical (unpaired) electrons. The number of benzene rings is 1. The lowest BCUT2D eigenvalue weighted by atomic mass is 9.98. The summed E-state index contributed by atoms with van der Waals surface area (Å²) in [6.07, 6.45) is 0.0651. The van der Waals surface area contributed by atoms with Gasteiger partial charge in [0.05, 0.1) is 12.2 Å². The maximum atomic E-state index is 11.8. The number of hydrogen-bond acceptors (Lipinski definition) is 5. The topological polar surface area (TPSA) is 35.5 Å². The quantitative estimate of drug-likeness (QED) is 0.530. The first kappa shape index (κ1) is 19.4. The first-order valence-corrected chi connectivity index (χ1v) is 8.76. The predicted octanol–water partition coefficient (Wildman–Crippen LogP) is 3.74. The highest BCUT2D eigenvalue weighted by molar-refractivity contribution is 7.81. The third-order valence-electron chi connectivity index (χ3n) is 3.45. The largest absolute Gasteiger partial charge is 0.460 e. The molecule has 1 rings (SSSR count). The van der Waals surface area contributed by atoms with Gasteiger partial charge in [-0.25, -0.2) is 0 Å². The molecule has 1 aromatic carbocycles. The van der Waals surface area contributed by atoms with Crippen molar-refractivity contribution in [1.82, 2.24) is 0 Å². The molecule has 5 heteroatoms. The molecule has 0 amide bonds. The Morgan fingerprint density at radius 3 is 2.32 bits per heavy atom. The minimum atomic E-state index is -0.416. The van der Waals surface area contributed by atoms with E-state index in [0.717, 1.165) is 5.56 Å². The molecule has 1 unspecified atom stereocenters. The van der Waals surface area contributed by atoms with Gasteiger partial charge in [-0.3, -0.25) is 4.79 Å². The molecule has 0 aliphatic rings. The van der Waals surface area contributed by atoms with Gasteiger partial charge in [-0.05, 0) is 43.8 Å². The lowest BCUT2D eigenvalue weighted by molar-refractivity contribution is -0.155. The van der Waals surface area contributed by atoms with Gasteiger partial charge < -0.3 is 9.47 Å². The monoisotopic (exact) mass is 342 g/mol. The molecule has 3 nitrogen and oxygen atoms in total. The normalized spacial score (nSPS) is 13.2. The minimum Gasteiger partial charge on any atom is -0.460 e. The van der Waals surface area contributed by atoms with Crippen LogP contribution in [0.1, 0.15) is 32.8 Å². The molecule has 0 bridgehead atoms. The van der Waals surface area contributed by atoms with Crippen LogP contribution in [0, 0.1) is 5.92 Å². The first-order chi connectivity index (χ1) is 10.4. The fraction of sp³-hybridized carbons (Fsp3) is 0.588. The average Bonchev–Trinajstić information content (AvgIpc) is 2.51. The number of hydrogen-bond donors (Lipinski definition) is 2. The van der Waals surface area contributed by atoms with E-state index in [0.29, 0.717) is 24.5 Å². The van der Waals surface area contributed by atoms with Crippen molar-refractivity contribution in [3.63, 3.8) is 0 Å². The van der Waals surface area contributed by atoms with Crippen molar-refractivity contribution in [2.75, 3.05) is 18.1 Å². The summed E-state index contributed by atoms with van der Waals surface area (Å²) < 4.78 is 11.3. The Bertz CT molecular complexity index is 444. The van der Waals surface area contributed by atoms with Crippen LogP contribution in [0.15, 0.2) is 30.3 Å². The van der Waals surface area contributed by atoms with E-state index in [-0.39, 0.29) is 18.0 Å².